The van der Waals surface area contributed by atoms with Crippen molar-refractivity contribution >= 4 is 31.9 Å². The van der Waals surface area contributed by atoms with Gasteiger partial charge in [0.25, 0.3) is 0 Å². The molecule has 1 heterocycles. The fraction of sp³-hybridized carbons (Fsp3) is 0.357. The van der Waals surface area contributed by atoms with E-state index in [1.165, 1.54) is 0 Å². The molecule has 0 aliphatic heterocycles. The first-order chi connectivity index (χ1) is 9.43. The van der Waals surface area contributed by atoms with Gasteiger partial charge in [-0.3, -0.25) is 4.68 Å². The third-order valence-corrected chi connectivity index (χ3v) is 4.59. The average molecular weight is 404 g/mol. The fourth-order valence-corrected chi connectivity index (χ4v) is 3.17. The summed E-state index contributed by atoms with van der Waals surface area (Å²) >= 11 is 6.94. The number of nitrogens with zero attached hydrogens (tertiary/aromatic N) is 2. The summed E-state index contributed by atoms with van der Waals surface area (Å²) in [4.78, 5) is 0. The minimum Gasteiger partial charge on any atom is -0.487 e. The smallest absolute Gasteiger partial charge is 0.131 e. The Bertz CT molecular complexity index is 639. The summed E-state index contributed by atoms with van der Waals surface area (Å²) in [5, 5.41) is 13.8. The van der Waals surface area contributed by atoms with Crippen LogP contribution in [0.2, 0.25) is 0 Å². The van der Waals surface area contributed by atoms with Crippen LogP contribution >= 0.6 is 31.9 Å². The Kier molecular flexibility index (Phi) is 4.88. The average Bonchev–Trinajstić information content (AvgIpc) is 2.62. The van der Waals surface area contributed by atoms with Crippen molar-refractivity contribution in [3.8, 4) is 5.75 Å². The Morgan fingerprint density at radius 3 is 2.55 bits per heavy atom. The molecule has 1 aromatic heterocycles. The summed E-state index contributed by atoms with van der Waals surface area (Å²) in [5.74, 6) is 0.724. The van der Waals surface area contributed by atoms with E-state index < -0.39 is 0 Å². The maximum atomic E-state index is 9.45. The molecule has 2 rings (SSSR count). The van der Waals surface area contributed by atoms with Gasteiger partial charge in [0.05, 0.1) is 22.5 Å². The van der Waals surface area contributed by atoms with E-state index in [1.54, 1.807) is 4.68 Å². The fourth-order valence-electron chi connectivity index (χ4n) is 2.10. The summed E-state index contributed by atoms with van der Waals surface area (Å²) in [5.41, 5.74) is 3.65. The SMILES string of the molecule is Cc1cc(Br)cc(CO)c1OCc1c(Br)c(C)nn1C. The van der Waals surface area contributed by atoms with Gasteiger partial charge in [0.15, 0.2) is 0 Å². The van der Waals surface area contributed by atoms with E-state index in [0.717, 1.165) is 37.2 Å². The number of hydrogen-bond donors (Lipinski definition) is 1. The first kappa shape index (κ1) is 15.5. The predicted octanol–water partition coefficient (Wildman–Crippen LogP) is 3.63. The molecule has 0 atom stereocenters. The second-order valence-electron chi connectivity index (χ2n) is 4.63. The molecule has 4 nitrogen and oxygen atoms in total. The highest BCUT2D eigenvalue weighted by molar-refractivity contribution is 9.10. The first-order valence-corrected chi connectivity index (χ1v) is 7.73. The minimum absolute atomic E-state index is 0.0544. The van der Waals surface area contributed by atoms with Crippen LogP contribution in [0.25, 0.3) is 0 Å². The van der Waals surface area contributed by atoms with Crippen LogP contribution < -0.4 is 4.74 Å². The number of halogens is 2. The molecule has 0 saturated carbocycles. The van der Waals surface area contributed by atoms with Gasteiger partial charge in [-0.15, -0.1) is 0 Å². The van der Waals surface area contributed by atoms with Gasteiger partial charge in [-0.25, -0.2) is 0 Å². The monoisotopic (exact) mass is 402 g/mol. The topological polar surface area (TPSA) is 47.3 Å². The van der Waals surface area contributed by atoms with Gasteiger partial charge in [0.1, 0.15) is 12.4 Å². The lowest BCUT2D eigenvalue weighted by atomic mass is 10.1. The van der Waals surface area contributed by atoms with E-state index >= 15 is 0 Å². The molecule has 2 aromatic rings. The molecule has 0 radical (unpaired) electrons. The van der Waals surface area contributed by atoms with Crippen LogP contribution in [-0.4, -0.2) is 14.9 Å². The number of aliphatic hydroxyl groups excluding tert-OH is 1. The van der Waals surface area contributed by atoms with E-state index in [9.17, 15) is 5.11 Å². The molecule has 0 spiro atoms. The highest BCUT2D eigenvalue weighted by atomic mass is 79.9. The first-order valence-electron chi connectivity index (χ1n) is 6.14. The van der Waals surface area contributed by atoms with Gasteiger partial charge in [-0.2, -0.15) is 5.10 Å². The molecule has 1 aromatic carbocycles. The molecular weight excluding hydrogens is 388 g/mol. The van der Waals surface area contributed by atoms with E-state index in [1.807, 2.05) is 33.0 Å². The van der Waals surface area contributed by atoms with Gasteiger partial charge >= 0.3 is 0 Å². The summed E-state index contributed by atoms with van der Waals surface area (Å²) in [7, 11) is 1.89. The van der Waals surface area contributed by atoms with Crippen LogP contribution in [0.4, 0.5) is 0 Å². The quantitative estimate of drug-likeness (QED) is 0.847. The Morgan fingerprint density at radius 1 is 1.30 bits per heavy atom. The number of aliphatic hydroxyl groups is 1. The zero-order valence-corrected chi connectivity index (χ0v) is 14.7. The van der Waals surface area contributed by atoms with Crippen molar-refractivity contribution in [2.24, 2.45) is 7.05 Å². The normalized spacial score (nSPS) is 10.9. The molecule has 0 amide bonds. The van der Waals surface area contributed by atoms with Crippen molar-refractivity contribution in [2.45, 2.75) is 27.1 Å². The summed E-state index contributed by atoms with van der Waals surface area (Å²) < 4.78 is 9.59. The van der Waals surface area contributed by atoms with Crippen molar-refractivity contribution in [1.82, 2.24) is 9.78 Å². The van der Waals surface area contributed by atoms with Crippen LogP contribution in [0.5, 0.6) is 5.75 Å². The largest absolute Gasteiger partial charge is 0.487 e. The van der Waals surface area contributed by atoms with E-state index in [4.69, 9.17) is 4.74 Å². The standard InChI is InChI=1S/C14H16Br2N2O2/c1-8-4-11(15)5-10(6-19)14(8)20-7-12-13(16)9(2)17-18(12)3/h4-5,19H,6-7H2,1-3H3. The van der Waals surface area contributed by atoms with Gasteiger partial charge in [0.2, 0.25) is 0 Å². The van der Waals surface area contributed by atoms with Gasteiger partial charge < -0.3 is 9.84 Å². The number of aromatic nitrogens is 2. The van der Waals surface area contributed by atoms with Crippen molar-refractivity contribution in [3.63, 3.8) is 0 Å². The Labute approximate surface area is 135 Å². The lowest BCUT2D eigenvalue weighted by Gasteiger charge is -2.14. The minimum atomic E-state index is -0.0544. The number of aryl methyl sites for hydroxylation is 3. The molecule has 0 aliphatic carbocycles. The lowest BCUT2D eigenvalue weighted by molar-refractivity contribution is 0.254. The zero-order chi connectivity index (χ0) is 14.9. The predicted molar refractivity (Wildman–Crippen MR) is 84.8 cm³/mol. The maximum Gasteiger partial charge on any atom is 0.131 e. The number of hydrogen-bond acceptors (Lipinski definition) is 3. The van der Waals surface area contributed by atoms with Gasteiger partial charge in [0, 0.05) is 17.1 Å². The molecule has 6 heteroatoms. The van der Waals surface area contributed by atoms with Crippen molar-refractivity contribution < 1.29 is 9.84 Å². The summed E-state index contributed by atoms with van der Waals surface area (Å²) in [6.07, 6.45) is 0. The van der Waals surface area contributed by atoms with Crippen molar-refractivity contribution in [3.05, 3.63) is 43.6 Å². The summed E-state index contributed by atoms with van der Waals surface area (Å²) in [6, 6.07) is 3.84. The molecule has 0 saturated heterocycles. The van der Waals surface area contributed by atoms with Crippen LogP contribution in [0.1, 0.15) is 22.5 Å². The third kappa shape index (κ3) is 3.07. The Balaban J connectivity index is 2.27. The Hall–Kier alpha value is -0.850. The molecule has 0 aliphatic rings. The molecule has 0 unspecified atom stereocenters. The van der Waals surface area contributed by atoms with Gasteiger partial charge in [-0.05, 0) is 47.5 Å². The Morgan fingerprint density at radius 2 is 2.00 bits per heavy atom. The van der Waals surface area contributed by atoms with Crippen LogP contribution in [-0.2, 0) is 20.3 Å². The third-order valence-electron chi connectivity index (χ3n) is 3.10. The van der Waals surface area contributed by atoms with E-state index in [0.29, 0.717) is 6.61 Å². The second kappa shape index (κ2) is 6.28. The lowest BCUT2D eigenvalue weighted by Crippen LogP contribution is -2.06. The molecule has 1 N–H and O–H groups in total. The van der Waals surface area contributed by atoms with Crippen molar-refractivity contribution in [1.29, 1.82) is 0 Å². The number of rotatable bonds is 4. The second-order valence-corrected chi connectivity index (χ2v) is 6.34. The van der Waals surface area contributed by atoms with Crippen LogP contribution in [0.15, 0.2) is 21.1 Å². The highest BCUT2D eigenvalue weighted by Gasteiger charge is 2.14. The molecule has 20 heavy (non-hydrogen) atoms. The van der Waals surface area contributed by atoms with E-state index in [2.05, 4.69) is 37.0 Å². The highest BCUT2D eigenvalue weighted by Crippen LogP contribution is 2.30. The van der Waals surface area contributed by atoms with Crippen molar-refractivity contribution in [2.75, 3.05) is 0 Å². The van der Waals surface area contributed by atoms with Gasteiger partial charge in [-0.1, -0.05) is 15.9 Å². The zero-order valence-electron chi connectivity index (χ0n) is 11.6. The molecule has 0 fully saturated rings. The van der Waals surface area contributed by atoms with E-state index in [-0.39, 0.29) is 6.61 Å². The summed E-state index contributed by atoms with van der Waals surface area (Å²) in [6.45, 7) is 4.25. The number of benzene rings is 1. The molecule has 0 bridgehead atoms. The molecule has 108 valence electrons. The number of ether oxygens (including phenoxy) is 1. The van der Waals surface area contributed by atoms with Crippen LogP contribution in [0.3, 0.4) is 0 Å². The van der Waals surface area contributed by atoms with Crippen LogP contribution in [0, 0.1) is 13.8 Å². The maximum absolute atomic E-state index is 9.45. The molecular formula is C14H16Br2N2O2.